The van der Waals surface area contributed by atoms with Crippen LogP contribution in [0.25, 0.3) is 0 Å². The summed E-state index contributed by atoms with van der Waals surface area (Å²) in [6, 6.07) is 21.9. The van der Waals surface area contributed by atoms with Crippen LogP contribution in [0.3, 0.4) is 0 Å². The molecule has 7 heteroatoms. The van der Waals surface area contributed by atoms with E-state index in [2.05, 4.69) is 24.8 Å². The lowest BCUT2D eigenvalue weighted by molar-refractivity contribution is -0.126. The zero-order chi connectivity index (χ0) is 27.7. The Morgan fingerprint density at radius 1 is 0.949 bits per heavy atom. The lowest BCUT2D eigenvalue weighted by atomic mass is 9.83. The van der Waals surface area contributed by atoms with Crippen LogP contribution in [-0.4, -0.2) is 62.2 Å². The van der Waals surface area contributed by atoms with Crippen LogP contribution in [0.2, 0.25) is 0 Å². The second-order valence-corrected chi connectivity index (χ2v) is 10.8. The Kier molecular flexibility index (Phi) is 7.47. The molecule has 0 unspecified atom stereocenters. The van der Waals surface area contributed by atoms with Gasteiger partial charge in [0.15, 0.2) is 5.78 Å². The van der Waals surface area contributed by atoms with Crippen molar-refractivity contribution in [1.29, 1.82) is 0 Å². The van der Waals surface area contributed by atoms with Crippen LogP contribution in [0.15, 0.2) is 84.6 Å². The third kappa shape index (κ3) is 5.04. The first-order valence-electron chi connectivity index (χ1n) is 13.4. The first kappa shape index (κ1) is 26.9. The quantitative estimate of drug-likeness (QED) is 0.438. The van der Waals surface area contributed by atoms with Gasteiger partial charge in [-0.1, -0.05) is 56.3 Å². The molecule has 3 aromatic carbocycles. The molecule has 39 heavy (non-hydrogen) atoms. The number of nitrogens with zero attached hydrogens (tertiary/aromatic N) is 3. The van der Waals surface area contributed by atoms with Gasteiger partial charge in [-0.25, -0.2) is 4.39 Å². The predicted molar refractivity (Wildman–Crippen MR) is 153 cm³/mol. The highest BCUT2D eigenvalue weighted by molar-refractivity contribution is 5.96. The summed E-state index contributed by atoms with van der Waals surface area (Å²) in [6.07, 6.45) is 0.329. The Balaban J connectivity index is 1.42. The Hall–Kier alpha value is -3.68. The van der Waals surface area contributed by atoms with Crippen molar-refractivity contribution in [1.82, 2.24) is 4.90 Å². The van der Waals surface area contributed by atoms with Crippen LogP contribution >= 0.6 is 0 Å². The van der Waals surface area contributed by atoms with Crippen LogP contribution < -0.4 is 14.5 Å². The predicted octanol–water partition coefficient (Wildman–Crippen LogP) is 4.94. The number of methoxy groups -OCH3 is 1. The number of anilines is 2. The topological polar surface area (TPSA) is 56.3 Å². The minimum atomic E-state index is -1.28. The molecule has 0 aromatic heterocycles. The summed E-state index contributed by atoms with van der Waals surface area (Å²) < 4.78 is 19.8. The molecule has 3 aromatic rings. The van der Waals surface area contributed by atoms with Gasteiger partial charge in [0.05, 0.1) is 18.8 Å². The van der Waals surface area contributed by atoms with Gasteiger partial charge in [0, 0.05) is 56.1 Å². The molecule has 0 spiro atoms. The number of ketones is 1. The van der Waals surface area contributed by atoms with E-state index in [1.165, 1.54) is 6.07 Å². The number of benzene rings is 3. The van der Waals surface area contributed by atoms with Gasteiger partial charge in [0.25, 0.3) is 0 Å². The van der Waals surface area contributed by atoms with Crippen molar-refractivity contribution in [2.24, 2.45) is 0 Å². The average molecular weight is 530 g/mol. The molecule has 1 N–H and O–H groups in total. The monoisotopic (exact) mass is 529 g/mol. The molecule has 1 fully saturated rings. The molecule has 204 valence electrons. The zero-order valence-electron chi connectivity index (χ0n) is 23.0. The van der Waals surface area contributed by atoms with Crippen LogP contribution in [-0.2, 0) is 10.2 Å². The summed E-state index contributed by atoms with van der Waals surface area (Å²) >= 11 is 0. The fourth-order valence-corrected chi connectivity index (χ4v) is 5.98. The maximum absolute atomic E-state index is 14.4. The maximum atomic E-state index is 14.4. The molecule has 2 aliphatic heterocycles. The first-order valence-corrected chi connectivity index (χ1v) is 13.4. The molecule has 5 rings (SSSR count). The number of likely N-dealkylation sites (N-methyl/N-ethyl adjacent to an activating group) is 1. The van der Waals surface area contributed by atoms with Crippen molar-refractivity contribution in [2.75, 3.05) is 50.1 Å². The molecule has 1 saturated heterocycles. The molecule has 0 bridgehead atoms. The second kappa shape index (κ2) is 10.8. The van der Waals surface area contributed by atoms with Gasteiger partial charge in [-0.2, -0.15) is 0 Å². The lowest BCUT2D eigenvalue weighted by Crippen LogP contribution is -2.51. The lowest BCUT2D eigenvalue weighted by Gasteiger charge is -2.41. The molecule has 2 atom stereocenters. The number of ether oxygens (including phenoxy) is 1. The molecule has 2 aliphatic rings. The number of fused-ring (bicyclic) bond motifs is 1. The molecular formula is C32H36FN3O3. The Morgan fingerprint density at radius 2 is 1.56 bits per heavy atom. The number of carbonyl (C=O) groups excluding carboxylic acids is 1. The fourth-order valence-electron chi connectivity index (χ4n) is 5.98. The van der Waals surface area contributed by atoms with Crippen molar-refractivity contribution >= 4 is 17.2 Å². The van der Waals surface area contributed by atoms with Gasteiger partial charge in [-0.3, -0.25) is 9.69 Å². The number of aliphatic hydroxyl groups is 1. The molecule has 0 radical (unpaired) electrons. The van der Waals surface area contributed by atoms with Crippen LogP contribution in [0, 0.1) is 5.82 Å². The summed E-state index contributed by atoms with van der Waals surface area (Å²) in [6.45, 7) is 6.51. The van der Waals surface area contributed by atoms with Gasteiger partial charge in [0.1, 0.15) is 17.7 Å². The van der Waals surface area contributed by atoms with Gasteiger partial charge in [-0.15, -0.1) is 0 Å². The van der Waals surface area contributed by atoms with E-state index in [-0.39, 0.29) is 17.0 Å². The molecule has 6 nitrogen and oxygen atoms in total. The smallest absolute Gasteiger partial charge is 0.187 e. The van der Waals surface area contributed by atoms with E-state index in [0.29, 0.717) is 37.6 Å². The number of aliphatic hydroxyl groups excluding tert-OH is 1. The number of rotatable bonds is 7. The summed E-state index contributed by atoms with van der Waals surface area (Å²) in [5.41, 5.74) is 4.10. The van der Waals surface area contributed by atoms with Gasteiger partial charge in [0.2, 0.25) is 0 Å². The molecule has 0 saturated carbocycles. The number of halogens is 1. The Bertz CT molecular complexity index is 1360. The van der Waals surface area contributed by atoms with Crippen molar-refractivity contribution in [3.63, 3.8) is 0 Å². The van der Waals surface area contributed by atoms with E-state index in [1.54, 1.807) is 25.3 Å². The van der Waals surface area contributed by atoms with E-state index >= 15 is 0 Å². The normalized spacial score (nSPS) is 19.6. The number of piperazine rings is 1. The van der Waals surface area contributed by atoms with E-state index in [9.17, 15) is 14.3 Å². The number of hydrogen-bond donors (Lipinski definition) is 1. The van der Waals surface area contributed by atoms with Crippen molar-refractivity contribution in [3.8, 4) is 5.75 Å². The summed E-state index contributed by atoms with van der Waals surface area (Å²) in [5.74, 6) is 0.121. The third-order valence-electron chi connectivity index (χ3n) is 8.17. The molecular weight excluding hydrogens is 493 g/mol. The number of carbonyl (C=O) groups is 1. The largest absolute Gasteiger partial charge is 0.497 e. The zero-order valence-corrected chi connectivity index (χ0v) is 23.0. The number of hydrogen-bond acceptors (Lipinski definition) is 6. The molecule has 0 aliphatic carbocycles. The summed E-state index contributed by atoms with van der Waals surface area (Å²) in [4.78, 5) is 19.9. The highest BCUT2D eigenvalue weighted by atomic mass is 19.1. The van der Waals surface area contributed by atoms with Gasteiger partial charge < -0.3 is 19.6 Å². The van der Waals surface area contributed by atoms with E-state index < -0.39 is 12.1 Å². The second-order valence-electron chi connectivity index (χ2n) is 10.8. The third-order valence-corrected chi connectivity index (χ3v) is 8.17. The highest BCUT2D eigenvalue weighted by Crippen LogP contribution is 2.46. The van der Waals surface area contributed by atoms with Crippen LogP contribution in [0.5, 0.6) is 5.75 Å². The van der Waals surface area contributed by atoms with Crippen LogP contribution in [0.4, 0.5) is 15.8 Å². The van der Waals surface area contributed by atoms with Gasteiger partial charge in [-0.05, 0) is 41.5 Å². The minimum Gasteiger partial charge on any atom is -0.497 e. The Labute approximate surface area is 229 Å². The highest BCUT2D eigenvalue weighted by Gasteiger charge is 2.40. The SMILES string of the molecule is COc1ccc([C@H]([C@H](O)C(=O)/C=C2/N(C)c3ccccc3C2(C)C)N2CCN(c3ccccc3F)CC2)cc1. The van der Waals surface area contributed by atoms with E-state index in [0.717, 1.165) is 22.5 Å². The fraction of sp³-hybridized carbons (Fsp3) is 0.344. The number of para-hydroxylation sites is 2. The van der Waals surface area contributed by atoms with E-state index in [4.69, 9.17) is 4.74 Å². The average Bonchev–Trinajstić information content (AvgIpc) is 3.14. The molecule has 2 heterocycles. The van der Waals surface area contributed by atoms with Crippen molar-refractivity contribution < 1.29 is 19.0 Å². The molecule has 0 amide bonds. The Morgan fingerprint density at radius 3 is 2.18 bits per heavy atom. The van der Waals surface area contributed by atoms with Crippen molar-refractivity contribution in [3.05, 3.63) is 102 Å². The van der Waals surface area contributed by atoms with Crippen LogP contribution in [0.1, 0.15) is 31.0 Å². The summed E-state index contributed by atoms with van der Waals surface area (Å²) in [7, 11) is 3.57. The number of allylic oxidation sites excluding steroid dienone is 1. The van der Waals surface area contributed by atoms with E-state index in [1.807, 2.05) is 65.4 Å². The first-order chi connectivity index (χ1) is 18.7. The van der Waals surface area contributed by atoms with Crippen molar-refractivity contribution in [2.45, 2.75) is 31.4 Å². The minimum absolute atomic E-state index is 0.246. The maximum Gasteiger partial charge on any atom is 0.187 e. The summed E-state index contributed by atoms with van der Waals surface area (Å²) in [5, 5.41) is 11.6. The van der Waals surface area contributed by atoms with Gasteiger partial charge >= 0.3 is 0 Å². The standard InChI is InChI=1S/C32H36FN3O3/c1-32(2)24-9-5-7-11-26(24)34(3)29(32)21-28(37)31(38)30(22-13-15-23(39-4)16-14-22)36-19-17-35(18-20-36)27-12-8-6-10-25(27)33/h5-16,21,30-31,38H,17-20H2,1-4H3/b29-21+/t30-,31-/m1/s1.